The van der Waals surface area contributed by atoms with Gasteiger partial charge in [0.25, 0.3) is 0 Å². The van der Waals surface area contributed by atoms with Gasteiger partial charge in [-0.1, -0.05) is 12.5 Å². The van der Waals surface area contributed by atoms with Gasteiger partial charge in [-0.15, -0.1) is 0 Å². The van der Waals surface area contributed by atoms with Crippen LogP contribution in [0.1, 0.15) is 48.0 Å². The van der Waals surface area contributed by atoms with Crippen molar-refractivity contribution in [3.05, 3.63) is 11.1 Å². The molecule has 0 amide bonds. The van der Waals surface area contributed by atoms with Crippen LogP contribution in [0.4, 0.5) is 0 Å². The Morgan fingerprint density at radius 3 is 1.92 bits per heavy atom. The molecular formula is C11H20O2. The van der Waals surface area contributed by atoms with Crippen LogP contribution in [0, 0.1) is 0 Å². The second-order valence-electron chi connectivity index (χ2n) is 4.33. The zero-order valence-electron chi connectivity index (χ0n) is 9.52. The fraction of sp³-hybridized carbons (Fsp3) is 0.727. The Balaban J connectivity index is 4.52. The van der Waals surface area contributed by atoms with Crippen molar-refractivity contribution >= 4 is 5.97 Å². The first-order valence-corrected chi connectivity index (χ1v) is 4.67. The molecule has 0 rings (SSSR count). The number of hydrogen-bond acceptors (Lipinski definition) is 2. The third kappa shape index (κ3) is 4.71. The summed E-state index contributed by atoms with van der Waals surface area (Å²) in [4.78, 5) is 11.6. The predicted octanol–water partition coefficient (Wildman–Crippen LogP) is 3.07. The van der Waals surface area contributed by atoms with Crippen molar-refractivity contribution in [1.29, 1.82) is 0 Å². The van der Waals surface area contributed by atoms with Gasteiger partial charge < -0.3 is 4.74 Å². The first kappa shape index (κ1) is 12.2. The summed E-state index contributed by atoms with van der Waals surface area (Å²) in [6.07, 6.45) is 0.733. The Bertz CT molecular complexity index is 215. The molecule has 0 atom stereocenters. The number of ether oxygens (including phenoxy) is 1. The minimum Gasteiger partial charge on any atom is -0.457 e. The molecule has 0 saturated heterocycles. The molecule has 0 bridgehead atoms. The zero-order chi connectivity index (χ0) is 10.6. The van der Waals surface area contributed by atoms with E-state index >= 15 is 0 Å². The van der Waals surface area contributed by atoms with Crippen LogP contribution in [-0.2, 0) is 9.53 Å². The summed E-state index contributed by atoms with van der Waals surface area (Å²) in [6, 6.07) is 0. The van der Waals surface area contributed by atoms with Gasteiger partial charge in [-0.2, -0.15) is 0 Å². The summed E-state index contributed by atoms with van der Waals surface area (Å²) >= 11 is 0. The third-order valence-electron chi connectivity index (χ3n) is 1.60. The summed E-state index contributed by atoms with van der Waals surface area (Å²) in [5.41, 5.74) is 1.43. The number of carbonyl (C=O) groups is 1. The minimum atomic E-state index is -0.396. The molecule has 0 aliphatic carbocycles. The van der Waals surface area contributed by atoms with E-state index in [0.717, 1.165) is 17.6 Å². The number of allylic oxidation sites excluding steroid dienone is 1. The van der Waals surface area contributed by atoms with Gasteiger partial charge >= 0.3 is 5.97 Å². The van der Waals surface area contributed by atoms with E-state index in [9.17, 15) is 4.79 Å². The van der Waals surface area contributed by atoms with Crippen molar-refractivity contribution in [2.24, 2.45) is 0 Å². The van der Waals surface area contributed by atoms with Crippen molar-refractivity contribution in [2.45, 2.75) is 53.6 Å². The van der Waals surface area contributed by atoms with E-state index in [1.54, 1.807) is 0 Å². The third-order valence-corrected chi connectivity index (χ3v) is 1.60. The molecule has 0 unspecified atom stereocenters. The van der Waals surface area contributed by atoms with E-state index in [0.29, 0.717) is 0 Å². The number of carbonyl (C=O) groups excluding carboxylic acids is 1. The van der Waals surface area contributed by atoms with Crippen LogP contribution in [0.2, 0.25) is 0 Å². The summed E-state index contributed by atoms with van der Waals surface area (Å²) in [7, 11) is 0. The van der Waals surface area contributed by atoms with Gasteiger partial charge in [-0.05, 0) is 41.0 Å². The van der Waals surface area contributed by atoms with E-state index in [1.807, 2.05) is 41.5 Å². The highest BCUT2D eigenvalue weighted by Crippen LogP contribution is 2.15. The van der Waals surface area contributed by atoms with Crippen LogP contribution in [-0.4, -0.2) is 11.6 Å². The molecule has 76 valence electrons. The van der Waals surface area contributed by atoms with Crippen molar-refractivity contribution in [3.63, 3.8) is 0 Å². The molecule has 0 spiro atoms. The van der Waals surface area contributed by atoms with Crippen molar-refractivity contribution in [1.82, 2.24) is 0 Å². The molecule has 0 aliphatic rings. The Morgan fingerprint density at radius 1 is 1.23 bits per heavy atom. The largest absolute Gasteiger partial charge is 0.457 e. The van der Waals surface area contributed by atoms with E-state index in [1.165, 1.54) is 0 Å². The Hall–Kier alpha value is -0.790. The Kier molecular flexibility index (Phi) is 4.18. The van der Waals surface area contributed by atoms with Gasteiger partial charge in [-0.25, -0.2) is 4.79 Å². The van der Waals surface area contributed by atoms with E-state index < -0.39 is 5.60 Å². The highest BCUT2D eigenvalue weighted by molar-refractivity contribution is 5.89. The number of esters is 1. The van der Waals surface area contributed by atoms with Gasteiger partial charge in [0.1, 0.15) is 5.60 Å². The van der Waals surface area contributed by atoms with Crippen molar-refractivity contribution in [2.75, 3.05) is 0 Å². The van der Waals surface area contributed by atoms with Crippen LogP contribution < -0.4 is 0 Å². The molecular weight excluding hydrogens is 164 g/mol. The van der Waals surface area contributed by atoms with Crippen molar-refractivity contribution < 1.29 is 9.53 Å². The zero-order valence-corrected chi connectivity index (χ0v) is 9.52. The second kappa shape index (κ2) is 4.45. The highest BCUT2D eigenvalue weighted by atomic mass is 16.6. The maximum absolute atomic E-state index is 11.6. The molecule has 0 N–H and O–H groups in total. The topological polar surface area (TPSA) is 26.3 Å². The summed E-state index contributed by atoms with van der Waals surface area (Å²) in [5.74, 6) is -0.185. The highest BCUT2D eigenvalue weighted by Gasteiger charge is 2.19. The van der Waals surface area contributed by atoms with Crippen molar-refractivity contribution in [3.8, 4) is 0 Å². The van der Waals surface area contributed by atoms with Crippen LogP contribution in [0.15, 0.2) is 11.1 Å². The maximum atomic E-state index is 11.6. The lowest BCUT2D eigenvalue weighted by molar-refractivity contribution is -0.150. The number of hydrogen-bond donors (Lipinski definition) is 0. The smallest absolute Gasteiger partial charge is 0.334 e. The summed E-state index contributed by atoms with van der Waals surface area (Å²) in [6.45, 7) is 11.5. The standard InChI is InChI=1S/C11H20O2/c1-7-9(8(2)3)10(12)13-11(4,5)6/h7H2,1-6H3. The van der Waals surface area contributed by atoms with Crippen LogP contribution in [0.3, 0.4) is 0 Å². The lowest BCUT2D eigenvalue weighted by atomic mass is 10.1. The van der Waals surface area contributed by atoms with Gasteiger partial charge in [-0.3, -0.25) is 0 Å². The SMILES string of the molecule is CCC(C(=O)OC(C)(C)C)=C(C)C. The van der Waals surface area contributed by atoms with E-state index in [-0.39, 0.29) is 5.97 Å². The predicted molar refractivity (Wildman–Crippen MR) is 54.5 cm³/mol. The van der Waals surface area contributed by atoms with Gasteiger partial charge in [0.15, 0.2) is 0 Å². The average Bonchev–Trinajstić information content (AvgIpc) is 1.82. The fourth-order valence-electron chi connectivity index (χ4n) is 1.04. The number of rotatable bonds is 2. The van der Waals surface area contributed by atoms with Crippen LogP contribution in [0.5, 0.6) is 0 Å². The Morgan fingerprint density at radius 2 is 1.69 bits per heavy atom. The second-order valence-corrected chi connectivity index (χ2v) is 4.33. The van der Waals surface area contributed by atoms with Gasteiger partial charge in [0.05, 0.1) is 0 Å². The van der Waals surface area contributed by atoms with Gasteiger partial charge in [0.2, 0.25) is 0 Å². The van der Waals surface area contributed by atoms with Gasteiger partial charge in [0, 0.05) is 5.57 Å². The molecule has 0 radical (unpaired) electrons. The molecule has 0 aromatic carbocycles. The quantitative estimate of drug-likeness (QED) is 0.487. The first-order chi connectivity index (χ1) is 5.78. The summed E-state index contributed by atoms with van der Waals surface area (Å²) in [5, 5.41) is 0. The monoisotopic (exact) mass is 184 g/mol. The maximum Gasteiger partial charge on any atom is 0.334 e. The molecule has 0 saturated carbocycles. The molecule has 13 heavy (non-hydrogen) atoms. The molecule has 0 aromatic rings. The summed E-state index contributed by atoms with van der Waals surface area (Å²) < 4.78 is 5.26. The fourth-order valence-corrected chi connectivity index (χ4v) is 1.04. The lowest BCUT2D eigenvalue weighted by Gasteiger charge is -2.20. The van der Waals surface area contributed by atoms with Crippen LogP contribution in [0.25, 0.3) is 0 Å². The van der Waals surface area contributed by atoms with E-state index in [4.69, 9.17) is 4.74 Å². The average molecular weight is 184 g/mol. The lowest BCUT2D eigenvalue weighted by Crippen LogP contribution is -2.25. The first-order valence-electron chi connectivity index (χ1n) is 4.67. The molecule has 0 heterocycles. The molecule has 0 fully saturated rings. The minimum absolute atomic E-state index is 0.185. The molecule has 2 nitrogen and oxygen atoms in total. The molecule has 0 aromatic heterocycles. The Labute approximate surface area is 81.0 Å². The van der Waals surface area contributed by atoms with E-state index in [2.05, 4.69) is 0 Å². The van der Waals surface area contributed by atoms with Crippen LogP contribution >= 0.6 is 0 Å². The normalized spacial score (nSPS) is 10.9. The molecule has 2 heteroatoms. The molecule has 0 aliphatic heterocycles.